The lowest BCUT2D eigenvalue weighted by molar-refractivity contribution is -0.135. The number of hydrogen-bond acceptors (Lipinski definition) is 4. The Labute approximate surface area is 169 Å². The van der Waals surface area contributed by atoms with Gasteiger partial charge in [0.15, 0.2) is 0 Å². The van der Waals surface area contributed by atoms with E-state index in [1.54, 1.807) is 0 Å². The van der Waals surface area contributed by atoms with Gasteiger partial charge >= 0.3 is 0 Å². The zero-order chi connectivity index (χ0) is 20.5. The van der Waals surface area contributed by atoms with Crippen LogP contribution in [0.2, 0.25) is 0 Å². The number of carbonyl (C=O) groups is 1. The number of ether oxygens (including phenoxy) is 1. The molecular weight excluding hydrogens is 368 g/mol. The summed E-state index contributed by atoms with van der Waals surface area (Å²) in [7, 11) is 1.93. The van der Waals surface area contributed by atoms with E-state index >= 15 is 0 Å². The summed E-state index contributed by atoms with van der Waals surface area (Å²) in [6.07, 6.45) is 0.720. The lowest BCUT2D eigenvalue weighted by Gasteiger charge is -2.27. The molecule has 3 heterocycles. The molecule has 3 aromatic rings. The van der Waals surface area contributed by atoms with Gasteiger partial charge in [-0.15, -0.1) is 0 Å². The molecule has 29 heavy (non-hydrogen) atoms. The molecule has 1 saturated heterocycles. The summed E-state index contributed by atoms with van der Waals surface area (Å²) in [5.74, 6) is 0.0657. The number of aryl methyl sites for hydroxylation is 2. The van der Waals surface area contributed by atoms with Gasteiger partial charge in [-0.3, -0.25) is 9.59 Å². The highest BCUT2D eigenvalue weighted by Crippen LogP contribution is 2.23. The standard InChI is InChI=1S/C22H26N4O3/c1-15-6-4-5-7-17(15)19-14-20-24(3)16(2)18(22(28)26(20)23-19)8-9-21(27)25-10-12-29-13-11-25/h4-7,14H,8-13H2,1-3H3. The Bertz CT molecular complexity index is 1120. The number of carbonyl (C=O) groups excluding carboxylic acids is 1. The smallest absolute Gasteiger partial charge is 0.277 e. The second kappa shape index (κ2) is 7.83. The highest BCUT2D eigenvalue weighted by Gasteiger charge is 2.20. The Morgan fingerprint density at radius 1 is 1.17 bits per heavy atom. The van der Waals surface area contributed by atoms with E-state index in [2.05, 4.69) is 5.10 Å². The maximum atomic E-state index is 13.2. The second-order valence-corrected chi connectivity index (χ2v) is 7.54. The first-order chi connectivity index (χ1) is 14.0. The number of rotatable bonds is 4. The van der Waals surface area contributed by atoms with Crippen molar-refractivity contribution in [3.05, 3.63) is 57.5 Å². The molecule has 0 aliphatic carbocycles. The molecule has 1 aliphatic rings. The number of nitrogens with zero attached hydrogens (tertiary/aromatic N) is 4. The third-order valence-electron chi connectivity index (χ3n) is 5.80. The molecule has 1 fully saturated rings. The van der Waals surface area contributed by atoms with Gasteiger partial charge in [0.05, 0.1) is 18.9 Å². The van der Waals surface area contributed by atoms with E-state index in [1.165, 1.54) is 4.52 Å². The first-order valence-corrected chi connectivity index (χ1v) is 9.97. The Hall–Kier alpha value is -2.93. The normalized spacial score (nSPS) is 14.5. The zero-order valence-electron chi connectivity index (χ0n) is 17.1. The molecular formula is C22H26N4O3. The topological polar surface area (TPSA) is 68.8 Å². The fraction of sp³-hybridized carbons (Fsp3) is 0.409. The van der Waals surface area contributed by atoms with Crippen LogP contribution in [0.1, 0.15) is 23.2 Å². The fourth-order valence-electron chi connectivity index (χ4n) is 3.90. The highest BCUT2D eigenvalue weighted by molar-refractivity contribution is 5.76. The number of aromatic nitrogens is 3. The first-order valence-electron chi connectivity index (χ1n) is 9.97. The molecule has 1 aromatic carbocycles. The molecule has 4 rings (SSSR count). The van der Waals surface area contributed by atoms with Gasteiger partial charge in [0, 0.05) is 49.4 Å². The van der Waals surface area contributed by atoms with E-state index in [4.69, 9.17) is 4.74 Å². The van der Waals surface area contributed by atoms with Crippen molar-refractivity contribution in [3.8, 4) is 11.3 Å². The van der Waals surface area contributed by atoms with Crippen LogP contribution in [-0.4, -0.2) is 51.3 Å². The molecule has 0 radical (unpaired) electrons. The van der Waals surface area contributed by atoms with Crippen molar-refractivity contribution in [3.63, 3.8) is 0 Å². The highest BCUT2D eigenvalue weighted by atomic mass is 16.5. The van der Waals surface area contributed by atoms with Crippen molar-refractivity contribution in [2.24, 2.45) is 7.05 Å². The molecule has 7 heteroatoms. The van der Waals surface area contributed by atoms with Gasteiger partial charge in [-0.2, -0.15) is 9.61 Å². The summed E-state index contributed by atoms with van der Waals surface area (Å²) in [5, 5.41) is 4.59. The average Bonchev–Trinajstić information content (AvgIpc) is 3.18. The van der Waals surface area contributed by atoms with Gasteiger partial charge in [0.2, 0.25) is 5.91 Å². The molecule has 0 N–H and O–H groups in total. The van der Waals surface area contributed by atoms with Crippen LogP contribution in [-0.2, 0) is 23.0 Å². The van der Waals surface area contributed by atoms with Crippen LogP contribution in [0.3, 0.4) is 0 Å². The fourth-order valence-corrected chi connectivity index (χ4v) is 3.90. The van der Waals surface area contributed by atoms with Crippen LogP contribution in [0, 0.1) is 13.8 Å². The molecule has 0 bridgehead atoms. The molecule has 0 unspecified atom stereocenters. The molecule has 2 aromatic heterocycles. The van der Waals surface area contributed by atoms with Gasteiger partial charge < -0.3 is 14.2 Å². The van der Waals surface area contributed by atoms with E-state index in [0.29, 0.717) is 44.7 Å². The molecule has 7 nitrogen and oxygen atoms in total. The van der Waals surface area contributed by atoms with Crippen LogP contribution in [0.25, 0.3) is 16.9 Å². The molecule has 0 saturated carbocycles. The average molecular weight is 394 g/mol. The SMILES string of the molecule is Cc1ccccc1-c1cc2n(C)c(C)c(CCC(=O)N3CCOCC3)c(=O)n2n1. The predicted octanol–water partition coefficient (Wildman–Crippen LogP) is 2.11. The van der Waals surface area contributed by atoms with E-state index in [9.17, 15) is 9.59 Å². The second-order valence-electron chi connectivity index (χ2n) is 7.54. The number of amides is 1. The van der Waals surface area contributed by atoms with Crippen LogP contribution in [0.5, 0.6) is 0 Å². The van der Waals surface area contributed by atoms with Crippen molar-refractivity contribution in [2.75, 3.05) is 26.3 Å². The quantitative estimate of drug-likeness (QED) is 0.680. The third kappa shape index (κ3) is 3.58. The maximum Gasteiger partial charge on any atom is 0.277 e. The molecule has 0 atom stereocenters. The van der Waals surface area contributed by atoms with Crippen LogP contribution in [0.4, 0.5) is 0 Å². The third-order valence-corrected chi connectivity index (χ3v) is 5.80. The summed E-state index contributed by atoms with van der Waals surface area (Å²) in [4.78, 5) is 27.5. The first kappa shape index (κ1) is 19.4. The minimum absolute atomic E-state index is 0.0657. The lowest BCUT2D eigenvalue weighted by Crippen LogP contribution is -2.41. The van der Waals surface area contributed by atoms with Crippen LogP contribution < -0.4 is 5.56 Å². The Balaban J connectivity index is 1.67. The molecule has 1 amide bonds. The number of benzene rings is 1. The van der Waals surface area contributed by atoms with Gasteiger partial charge in [0.25, 0.3) is 5.56 Å². The van der Waals surface area contributed by atoms with Crippen molar-refractivity contribution in [2.45, 2.75) is 26.7 Å². The van der Waals surface area contributed by atoms with Crippen molar-refractivity contribution < 1.29 is 9.53 Å². The summed E-state index contributed by atoms with van der Waals surface area (Å²) < 4.78 is 8.74. The predicted molar refractivity (Wildman–Crippen MR) is 111 cm³/mol. The minimum Gasteiger partial charge on any atom is -0.378 e. The largest absolute Gasteiger partial charge is 0.378 e. The summed E-state index contributed by atoms with van der Waals surface area (Å²) in [6, 6.07) is 9.95. The Morgan fingerprint density at radius 2 is 1.90 bits per heavy atom. The van der Waals surface area contributed by atoms with E-state index in [-0.39, 0.29) is 11.5 Å². The van der Waals surface area contributed by atoms with Gasteiger partial charge in [-0.05, 0) is 25.8 Å². The molecule has 0 spiro atoms. The summed E-state index contributed by atoms with van der Waals surface area (Å²) in [6.45, 7) is 6.35. The number of morpholine rings is 1. The number of hydrogen-bond donors (Lipinski definition) is 0. The van der Waals surface area contributed by atoms with E-state index < -0.39 is 0 Å². The van der Waals surface area contributed by atoms with Gasteiger partial charge in [0.1, 0.15) is 5.65 Å². The Morgan fingerprint density at radius 3 is 2.62 bits per heavy atom. The monoisotopic (exact) mass is 394 g/mol. The van der Waals surface area contributed by atoms with E-state index in [0.717, 1.165) is 28.2 Å². The summed E-state index contributed by atoms with van der Waals surface area (Å²) >= 11 is 0. The van der Waals surface area contributed by atoms with Crippen molar-refractivity contribution >= 4 is 11.6 Å². The Kier molecular flexibility index (Phi) is 5.24. The maximum absolute atomic E-state index is 13.2. The van der Waals surface area contributed by atoms with Gasteiger partial charge in [-0.25, -0.2) is 0 Å². The zero-order valence-corrected chi connectivity index (χ0v) is 17.1. The van der Waals surface area contributed by atoms with Crippen molar-refractivity contribution in [1.82, 2.24) is 19.1 Å². The molecule has 152 valence electrons. The molecule has 1 aliphatic heterocycles. The number of fused-ring (bicyclic) bond motifs is 1. The lowest BCUT2D eigenvalue weighted by atomic mass is 10.1. The summed E-state index contributed by atoms with van der Waals surface area (Å²) in [5.41, 5.74) is 5.00. The van der Waals surface area contributed by atoms with Gasteiger partial charge in [-0.1, -0.05) is 24.3 Å². The van der Waals surface area contributed by atoms with Crippen LogP contribution in [0.15, 0.2) is 35.1 Å². The van der Waals surface area contributed by atoms with Crippen molar-refractivity contribution in [1.29, 1.82) is 0 Å². The van der Waals surface area contributed by atoms with Crippen LogP contribution >= 0.6 is 0 Å². The van der Waals surface area contributed by atoms with E-state index in [1.807, 2.05) is 60.7 Å². The minimum atomic E-state index is -0.148.